The second-order valence-electron chi connectivity index (χ2n) is 5.28. The van der Waals surface area contributed by atoms with E-state index < -0.39 is 0 Å². The maximum Gasteiger partial charge on any atom is 0.0873 e. The molecular weight excluding hydrogens is 232 g/mol. The number of para-hydroxylation sites is 1. The summed E-state index contributed by atoms with van der Waals surface area (Å²) >= 11 is 0. The van der Waals surface area contributed by atoms with E-state index in [1.165, 1.54) is 38.0 Å². The fraction of sp³-hybridized carbons (Fsp3) is 0.529. The second-order valence-corrected chi connectivity index (χ2v) is 5.28. The van der Waals surface area contributed by atoms with Crippen LogP contribution in [0.4, 0.5) is 5.69 Å². The van der Waals surface area contributed by atoms with Gasteiger partial charge in [0.15, 0.2) is 0 Å². The smallest absolute Gasteiger partial charge is 0.0873 e. The summed E-state index contributed by atoms with van der Waals surface area (Å²) in [4.78, 5) is 4.69. The summed E-state index contributed by atoms with van der Waals surface area (Å²) in [6.07, 6.45) is 4.05. The number of piperidine rings is 1. The zero-order valence-corrected chi connectivity index (χ0v) is 12.1. The van der Waals surface area contributed by atoms with E-state index in [4.69, 9.17) is 0 Å². The molecule has 0 N–H and O–H groups in total. The van der Waals surface area contributed by atoms with Crippen molar-refractivity contribution in [3.63, 3.8) is 0 Å². The van der Waals surface area contributed by atoms with Crippen molar-refractivity contribution in [1.29, 1.82) is 0 Å². The number of benzene rings is 1. The molecular formula is C17H24N2. The Hall–Kier alpha value is -1.46. The first-order chi connectivity index (χ1) is 9.27. The highest BCUT2D eigenvalue weighted by Gasteiger charge is 2.08. The number of hydrogen-bond acceptors (Lipinski definition) is 2. The number of anilines is 1. The van der Waals surface area contributed by atoms with E-state index in [0.717, 1.165) is 6.54 Å². The number of hydrogen-bond donors (Lipinski definition) is 0. The van der Waals surface area contributed by atoms with Crippen LogP contribution >= 0.6 is 0 Å². The SMILES string of the molecule is CC(C#CCN1CCCCC1)N(C)c1ccccc1. The van der Waals surface area contributed by atoms with Gasteiger partial charge in [-0.2, -0.15) is 0 Å². The molecule has 1 aliphatic rings. The molecule has 19 heavy (non-hydrogen) atoms. The van der Waals surface area contributed by atoms with E-state index in [0.29, 0.717) is 0 Å². The van der Waals surface area contributed by atoms with Crippen molar-refractivity contribution in [2.45, 2.75) is 32.2 Å². The maximum absolute atomic E-state index is 3.36. The molecule has 1 atom stereocenters. The van der Waals surface area contributed by atoms with Gasteiger partial charge in [0.2, 0.25) is 0 Å². The lowest BCUT2D eigenvalue weighted by molar-refractivity contribution is 0.255. The van der Waals surface area contributed by atoms with Crippen molar-refractivity contribution in [2.24, 2.45) is 0 Å². The first-order valence-corrected chi connectivity index (χ1v) is 7.26. The molecule has 0 spiro atoms. The summed E-state index contributed by atoms with van der Waals surface area (Å²) in [5.41, 5.74) is 1.22. The van der Waals surface area contributed by atoms with Gasteiger partial charge in [-0.25, -0.2) is 0 Å². The summed E-state index contributed by atoms with van der Waals surface area (Å²) < 4.78 is 0. The molecule has 1 aromatic rings. The fourth-order valence-corrected chi connectivity index (χ4v) is 2.41. The van der Waals surface area contributed by atoms with Gasteiger partial charge in [-0.15, -0.1) is 0 Å². The lowest BCUT2D eigenvalue weighted by Crippen LogP contribution is -2.31. The average molecular weight is 256 g/mol. The molecule has 0 radical (unpaired) electrons. The average Bonchev–Trinajstić information content (AvgIpc) is 2.48. The van der Waals surface area contributed by atoms with Gasteiger partial charge in [-0.3, -0.25) is 4.90 Å². The highest BCUT2D eigenvalue weighted by Crippen LogP contribution is 2.13. The minimum atomic E-state index is 0.257. The van der Waals surface area contributed by atoms with Crippen molar-refractivity contribution in [3.8, 4) is 11.8 Å². The molecule has 0 amide bonds. The number of nitrogens with zero attached hydrogens (tertiary/aromatic N) is 2. The van der Waals surface area contributed by atoms with Gasteiger partial charge in [0.25, 0.3) is 0 Å². The third kappa shape index (κ3) is 4.29. The molecule has 2 heteroatoms. The van der Waals surface area contributed by atoms with Crippen LogP contribution in [0.1, 0.15) is 26.2 Å². The minimum Gasteiger partial charge on any atom is -0.361 e. The molecule has 0 saturated carbocycles. The summed E-state index contributed by atoms with van der Waals surface area (Å²) in [5, 5.41) is 0. The molecule has 0 aliphatic carbocycles. The van der Waals surface area contributed by atoms with E-state index in [2.05, 4.69) is 59.9 Å². The van der Waals surface area contributed by atoms with Crippen molar-refractivity contribution in [1.82, 2.24) is 4.90 Å². The van der Waals surface area contributed by atoms with Gasteiger partial charge in [-0.1, -0.05) is 36.5 Å². The van der Waals surface area contributed by atoms with E-state index in [1.54, 1.807) is 0 Å². The Balaban J connectivity index is 1.85. The largest absolute Gasteiger partial charge is 0.361 e. The molecule has 1 fully saturated rings. The van der Waals surface area contributed by atoms with Crippen LogP contribution in [-0.4, -0.2) is 37.6 Å². The number of likely N-dealkylation sites (tertiary alicyclic amines) is 1. The van der Waals surface area contributed by atoms with E-state index in [-0.39, 0.29) is 6.04 Å². The van der Waals surface area contributed by atoms with E-state index >= 15 is 0 Å². The van der Waals surface area contributed by atoms with Crippen molar-refractivity contribution in [2.75, 3.05) is 31.6 Å². The van der Waals surface area contributed by atoms with Crippen molar-refractivity contribution >= 4 is 5.69 Å². The molecule has 2 rings (SSSR count). The Morgan fingerprint density at radius 3 is 2.53 bits per heavy atom. The van der Waals surface area contributed by atoms with Crippen LogP contribution in [0.3, 0.4) is 0 Å². The van der Waals surface area contributed by atoms with Gasteiger partial charge in [-0.05, 0) is 45.0 Å². The minimum absolute atomic E-state index is 0.257. The van der Waals surface area contributed by atoms with E-state index in [9.17, 15) is 0 Å². The molecule has 2 nitrogen and oxygen atoms in total. The van der Waals surface area contributed by atoms with Crippen LogP contribution < -0.4 is 4.90 Å². The first kappa shape index (κ1) is 14.0. The van der Waals surface area contributed by atoms with Crippen LogP contribution in [0.2, 0.25) is 0 Å². The molecule has 1 heterocycles. The fourth-order valence-electron chi connectivity index (χ4n) is 2.41. The molecule has 1 aliphatic heterocycles. The topological polar surface area (TPSA) is 6.48 Å². The van der Waals surface area contributed by atoms with Gasteiger partial charge >= 0.3 is 0 Å². The monoisotopic (exact) mass is 256 g/mol. The standard InChI is InChI=1S/C17H24N2/c1-16(18(2)17-11-5-3-6-12-17)10-9-15-19-13-7-4-8-14-19/h3,5-6,11-12,16H,4,7-8,13-15H2,1-2H3. The molecule has 1 aromatic carbocycles. The predicted molar refractivity (Wildman–Crippen MR) is 82.4 cm³/mol. The molecule has 0 bridgehead atoms. The first-order valence-electron chi connectivity index (χ1n) is 7.26. The highest BCUT2D eigenvalue weighted by atomic mass is 15.1. The van der Waals surface area contributed by atoms with Crippen molar-refractivity contribution in [3.05, 3.63) is 30.3 Å². The summed E-state index contributed by atoms with van der Waals surface area (Å²) in [7, 11) is 2.11. The second kappa shape index (κ2) is 7.21. The van der Waals surface area contributed by atoms with Crippen molar-refractivity contribution < 1.29 is 0 Å². The van der Waals surface area contributed by atoms with Crippen LogP contribution in [-0.2, 0) is 0 Å². The summed E-state index contributed by atoms with van der Waals surface area (Å²) in [6.45, 7) is 5.53. The molecule has 1 saturated heterocycles. The third-order valence-corrected chi connectivity index (χ3v) is 3.81. The summed E-state index contributed by atoms with van der Waals surface area (Å²) in [5.74, 6) is 6.70. The number of rotatable bonds is 3. The van der Waals surface area contributed by atoms with E-state index in [1.807, 2.05) is 6.07 Å². The van der Waals surface area contributed by atoms with Crippen LogP contribution in [0.25, 0.3) is 0 Å². The Morgan fingerprint density at radius 1 is 1.16 bits per heavy atom. The van der Waals surface area contributed by atoms with Crippen LogP contribution in [0, 0.1) is 11.8 Å². The predicted octanol–water partition coefficient (Wildman–Crippen LogP) is 3.00. The van der Waals surface area contributed by atoms with Crippen LogP contribution in [0.5, 0.6) is 0 Å². The lowest BCUT2D eigenvalue weighted by atomic mass is 10.1. The maximum atomic E-state index is 3.36. The third-order valence-electron chi connectivity index (χ3n) is 3.81. The van der Waals surface area contributed by atoms with Gasteiger partial charge in [0.1, 0.15) is 0 Å². The quantitative estimate of drug-likeness (QED) is 0.767. The lowest BCUT2D eigenvalue weighted by Gasteiger charge is -2.25. The zero-order chi connectivity index (χ0) is 13.5. The Labute approximate surface area is 117 Å². The van der Waals surface area contributed by atoms with Gasteiger partial charge < -0.3 is 4.90 Å². The van der Waals surface area contributed by atoms with Crippen LogP contribution in [0.15, 0.2) is 30.3 Å². The molecule has 0 aromatic heterocycles. The van der Waals surface area contributed by atoms with Gasteiger partial charge in [0, 0.05) is 12.7 Å². The summed E-state index contributed by atoms with van der Waals surface area (Å²) in [6, 6.07) is 10.7. The molecule has 102 valence electrons. The Morgan fingerprint density at radius 2 is 1.84 bits per heavy atom. The normalized spacial score (nSPS) is 17.4. The Bertz CT molecular complexity index is 424. The highest BCUT2D eigenvalue weighted by molar-refractivity contribution is 5.47. The zero-order valence-electron chi connectivity index (χ0n) is 12.1. The van der Waals surface area contributed by atoms with Gasteiger partial charge in [0.05, 0.1) is 12.6 Å². The molecule has 1 unspecified atom stereocenters. The Kier molecular flexibility index (Phi) is 5.30.